The van der Waals surface area contributed by atoms with E-state index in [2.05, 4.69) is 26.6 Å². The van der Waals surface area contributed by atoms with Crippen LogP contribution in [0.15, 0.2) is 22.7 Å². The van der Waals surface area contributed by atoms with Gasteiger partial charge in [-0.05, 0) is 37.6 Å². The van der Waals surface area contributed by atoms with Crippen LogP contribution in [-0.4, -0.2) is 25.0 Å². The van der Waals surface area contributed by atoms with E-state index in [0.717, 1.165) is 25.5 Å². The van der Waals surface area contributed by atoms with E-state index in [-0.39, 0.29) is 24.0 Å². The zero-order valence-electron chi connectivity index (χ0n) is 11.0. The molecule has 0 saturated carbocycles. The number of hydrogen-bond acceptors (Lipinski definition) is 2. The Balaban J connectivity index is 0.00000220. The van der Waals surface area contributed by atoms with Crippen LogP contribution in [0.2, 0.25) is 0 Å². The molecule has 1 aromatic rings. The van der Waals surface area contributed by atoms with Gasteiger partial charge in [-0.25, -0.2) is 0 Å². The zero-order chi connectivity index (χ0) is 14.8. The van der Waals surface area contributed by atoms with Crippen molar-refractivity contribution in [2.75, 3.05) is 13.1 Å². The molecule has 1 heterocycles. The number of carbonyl (C=O) groups excluding carboxylic acids is 1. The average Bonchev–Trinajstić information content (AvgIpc) is 2.38. The fourth-order valence-electron chi connectivity index (χ4n) is 2.19. The summed E-state index contributed by atoms with van der Waals surface area (Å²) in [5.41, 5.74) is -1.26. The predicted octanol–water partition coefficient (Wildman–Crippen LogP) is 3.37. The van der Waals surface area contributed by atoms with E-state index in [9.17, 15) is 18.0 Å². The Morgan fingerprint density at radius 3 is 2.67 bits per heavy atom. The smallest absolute Gasteiger partial charge is 0.348 e. The molecule has 1 unspecified atom stereocenters. The summed E-state index contributed by atoms with van der Waals surface area (Å²) in [6.45, 7) is 1.46. The van der Waals surface area contributed by atoms with E-state index >= 15 is 0 Å². The maximum absolute atomic E-state index is 13.0. The van der Waals surface area contributed by atoms with Gasteiger partial charge in [-0.1, -0.05) is 15.9 Å². The summed E-state index contributed by atoms with van der Waals surface area (Å²) < 4.78 is 39.2. The van der Waals surface area contributed by atoms with Crippen LogP contribution >= 0.6 is 28.3 Å². The predicted molar refractivity (Wildman–Crippen MR) is 79.7 cm³/mol. The van der Waals surface area contributed by atoms with Crippen LogP contribution in [0, 0.1) is 0 Å². The summed E-state index contributed by atoms with van der Waals surface area (Å²) in [5, 5.41) is 5.75. The van der Waals surface area contributed by atoms with Crippen LogP contribution in [0.4, 0.5) is 13.2 Å². The van der Waals surface area contributed by atoms with E-state index < -0.39 is 17.6 Å². The van der Waals surface area contributed by atoms with Crippen molar-refractivity contribution in [2.45, 2.75) is 25.1 Å². The number of alkyl halides is 3. The lowest BCUT2D eigenvalue weighted by atomic mass is 10.0. The number of amides is 1. The van der Waals surface area contributed by atoms with Gasteiger partial charge in [0.05, 0.1) is 11.1 Å². The molecule has 1 amide bonds. The van der Waals surface area contributed by atoms with Gasteiger partial charge in [0, 0.05) is 17.1 Å². The Morgan fingerprint density at radius 1 is 1.38 bits per heavy atom. The van der Waals surface area contributed by atoms with Gasteiger partial charge >= 0.3 is 6.18 Å². The van der Waals surface area contributed by atoms with Gasteiger partial charge in [-0.15, -0.1) is 12.4 Å². The molecule has 0 spiro atoms. The third kappa shape index (κ3) is 4.86. The van der Waals surface area contributed by atoms with Crippen molar-refractivity contribution < 1.29 is 18.0 Å². The minimum atomic E-state index is -4.55. The highest BCUT2D eigenvalue weighted by atomic mass is 79.9. The van der Waals surface area contributed by atoms with E-state index in [1.165, 1.54) is 12.1 Å². The van der Waals surface area contributed by atoms with Crippen LogP contribution < -0.4 is 10.6 Å². The van der Waals surface area contributed by atoms with Crippen molar-refractivity contribution in [3.05, 3.63) is 33.8 Å². The number of benzene rings is 1. The summed E-state index contributed by atoms with van der Waals surface area (Å²) in [6.07, 6.45) is -2.88. The molecule has 2 rings (SSSR count). The standard InChI is InChI=1S/C13H14BrF3N2O.ClH/c14-8-3-4-10(11(6-8)13(15,16)17)12(20)19-9-2-1-5-18-7-9;/h3-4,6,9,18H,1-2,5,7H2,(H,19,20);1H. The van der Waals surface area contributed by atoms with Crippen molar-refractivity contribution in [2.24, 2.45) is 0 Å². The lowest BCUT2D eigenvalue weighted by Gasteiger charge is -2.24. The number of rotatable bonds is 2. The Hall–Kier alpha value is -0.790. The van der Waals surface area contributed by atoms with Gasteiger partial charge in [0.25, 0.3) is 5.91 Å². The molecule has 1 aliphatic rings. The second-order valence-electron chi connectivity index (χ2n) is 4.70. The van der Waals surface area contributed by atoms with E-state index in [1.807, 2.05) is 0 Å². The van der Waals surface area contributed by atoms with Crippen molar-refractivity contribution in [1.29, 1.82) is 0 Å². The third-order valence-corrected chi connectivity index (χ3v) is 3.66. The quantitative estimate of drug-likeness (QED) is 0.817. The number of carbonyl (C=O) groups is 1. The Bertz CT molecular complexity index is 505. The van der Waals surface area contributed by atoms with E-state index in [0.29, 0.717) is 11.0 Å². The molecule has 3 nitrogen and oxygen atoms in total. The number of hydrogen-bond donors (Lipinski definition) is 2. The Kier molecular flexibility index (Phi) is 6.49. The molecule has 1 fully saturated rings. The average molecular weight is 388 g/mol. The van der Waals surface area contributed by atoms with Crippen LogP contribution in [0.25, 0.3) is 0 Å². The molecule has 1 aromatic carbocycles. The summed E-state index contributed by atoms with van der Waals surface area (Å²) in [7, 11) is 0. The molecule has 8 heteroatoms. The molecule has 118 valence electrons. The minimum absolute atomic E-state index is 0. The van der Waals surface area contributed by atoms with Gasteiger partial charge in [0.15, 0.2) is 0 Å². The van der Waals surface area contributed by atoms with Crippen LogP contribution in [0.3, 0.4) is 0 Å². The first-order chi connectivity index (χ1) is 9.38. The lowest BCUT2D eigenvalue weighted by molar-refractivity contribution is -0.138. The monoisotopic (exact) mass is 386 g/mol. The van der Waals surface area contributed by atoms with Gasteiger partial charge in [0.1, 0.15) is 0 Å². The highest BCUT2D eigenvalue weighted by Crippen LogP contribution is 2.33. The first-order valence-corrected chi connectivity index (χ1v) is 7.05. The Morgan fingerprint density at radius 2 is 2.10 bits per heavy atom. The normalized spacial score (nSPS) is 18.8. The van der Waals surface area contributed by atoms with Crippen molar-refractivity contribution in [3.63, 3.8) is 0 Å². The van der Waals surface area contributed by atoms with Crippen LogP contribution in [0.5, 0.6) is 0 Å². The lowest BCUT2D eigenvalue weighted by Crippen LogP contribution is -2.45. The number of halogens is 5. The van der Waals surface area contributed by atoms with Crippen molar-refractivity contribution in [3.8, 4) is 0 Å². The molecule has 21 heavy (non-hydrogen) atoms. The first kappa shape index (κ1) is 18.3. The number of piperidine rings is 1. The molecule has 0 bridgehead atoms. The van der Waals surface area contributed by atoms with Crippen LogP contribution in [0.1, 0.15) is 28.8 Å². The van der Waals surface area contributed by atoms with Gasteiger partial charge < -0.3 is 10.6 Å². The van der Waals surface area contributed by atoms with Crippen LogP contribution in [-0.2, 0) is 6.18 Å². The molecule has 2 N–H and O–H groups in total. The van der Waals surface area contributed by atoms with Gasteiger partial charge in [-0.2, -0.15) is 13.2 Å². The second-order valence-corrected chi connectivity index (χ2v) is 5.62. The van der Waals surface area contributed by atoms with Gasteiger partial charge in [-0.3, -0.25) is 4.79 Å². The summed E-state index contributed by atoms with van der Waals surface area (Å²) >= 11 is 2.99. The maximum Gasteiger partial charge on any atom is 0.417 e. The minimum Gasteiger partial charge on any atom is -0.348 e. The summed E-state index contributed by atoms with van der Waals surface area (Å²) in [6, 6.07) is 3.43. The largest absolute Gasteiger partial charge is 0.417 e. The second kappa shape index (κ2) is 7.47. The van der Waals surface area contributed by atoms with E-state index in [1.54, 1.807) is 0 Å². The first-order valence-electron chi connectivity index (χ1n) is 6.26. The molecule has 0 aliphatic carbocycles. The molecule has 0 radical (unpaired) electrons. The SMILES string of the molecule is Cl.O=C(NC1CCCNC1)c1ccc(Br)cc1C(F)(F)F. The third-order valence-electron chi connectivity index (χ3n) is 3.16. The topological polar surface area (TPSA) is 41.1 Å². The van der Waals surface area contributed by atoms with Gasteiger partial charge in [0.2, 0.25) is 0 Å². The Labute approximate surface area is 135 Å². The number of nitrogens with one attached hydrogen (secondary N) is 2. The van der Waals surface area contributed by atoms with Crippen molar-refractivity contribution in [1.82, 2.24) is 10.6 Å². The molecule has 0 aromatic heterocycles. The summed E-state index contributed by atoms with van der Waals surface area (Å²) in [4.78, 5) is 12.0. The highest BCUT2D eigenvalue weighted by molar-refractivity contribution is 9.10. The van der Waals surface area contributed by atoms with Crippen molar-refractivity contribution >= 4 is 34.2 Å². The zero-order valence-corrected chi connectivity index (χ0v) is 13.4. The summed E-state index contributed by atoms with van der Waals surface area (Å²) in [5.74, 6) is -0.682. The molecular weight excluding hydrogens is 373 g/mol. The fourth-order valence-corrected chi connectivity index (χ4v) is 2.55. The maximum atomic E-state index is 13.0. The molecule has 1 aliphatic heterocycles. The van der Waals surface area contributed by atoms with E-state index in [4.69, 9.17) is 0 Å². The molecule has 1 atom stereocenters. The molecular formula is C13H15BrClF3N2O. The molecule has 1 saturated heterocycles. The fraction of sp³-hybridized carbons (Fsp3) is 0.462. The highest BCUT2D eigenvalue weighted by Gasteiger charge is 2.35.